The van der Waals surface area contributed by atoms with Crippen LogP contribution in [0.4, 0.5) is 14.6 Å². The van der Waals surface area contributed by atoms with Crippen molar-refractivity contribution in [3.63, 3.8) is 0 Å². The molecule has 0 saturated heterocycles. The molecule has 0 amide bonds. The summed E-state index contributed by atoms with van der Waals surface area (Å²) in [6.07, 6.45) is 1.47. The molecular weight excluding hydrogens is 314 g/mol. The van der Waals surface area contributed by atoms with Gasteiger partial charge in [-0.2, -0.15) is 0 Å². The summed E-state index contributed by atoms with van der Waals surface area (Å²) in [6, 6.07) is 4.49. The summed E-state index contributed by atoms with van der Waals surface area (Å²) in [7, 11) is -0.809. The smallest absolute Gasteiger partial charge is 0.246 e. The molecule has 0 unspecified atom stereocenters. The summed E-state index contributed by atoms with van der Waals surface area (Å²) in [6.45, 7) is -0.280. The van der Waals surface area contributed by atoms with Crippen LogP contribution in [-0.4, -0.2) is 32.5 Å². The highest BCUT2D eigenvalue weighted by atomic mass is 32.2. The summed E-state index contributed by atoms with van der Waals surface area (Å²) >= 11 is 0. The predicted octanol–water partition coefficient (Wildman–Crippen LogP) is 1.30. The van der Waals surface area contributed by atoms with E-state index in [1.54, 1.807) is 25.1 Å². The third-order valence-corrected chi connectivity index (χ3v) is 4.21. The highest BCUT2D eigenvalue weighted by Crippen LogP contribution is 2.18. The van der Waals surface area contributed by atoms with Crippen molar-refractivity contribution in [3.8, 4) is 0 Å². The van der Waals surface area contributed by atoms with Crippen molar-refractivity contribution >= 4 is 15.8 Å². The average molecular weight is 328 g/mol. The van der Waals surface area contributed by atoms with Crippen LogP contribution in [0.25, 0.3) is 0 Å². The number of anilines is 1. The lowest BCUT2D eigenvalue weighted by Crippen LogP contribution is -2.26. The number of nitrogens with one attached hydrogen (secondary N) is 1. The standard InChI is InChI=1S/C13H14F2N4O2S/c1-19(2)12-6-7-16-11(18-12)8-17-22(20,21)13-9(14)4-3-5-10(13)15/h3-7,17H,8H2,1-2H3. The second-order valence-electron chi connectivity index (χ2n) is 4.60. The largest absolute Gasteiger partial charge is 0.363 e. The monoisotopic (exact) mass is 328 g/mol. The van der Waals surface area contributed by atoms with Gasteiger partial charge in [0.2, 0.25) is 10.0 Å². The Hall–Kier alpha value is -2.13. The van der Waals surface area contributed by atoms with Gasteiger partial charge in [0.25, 0.3) is 0 Å². The molecule has 0 saturated carbocycles. The molecule has 0 atom stereocenters. The lowest BCUT2D eigenvalue weighted by Gasteiger charge is -2.12. The Labute approximate surface area is 126 Å². The number of aromatic nitrogens is 2. The lowest BCUT2D eigenvalue weighted by molar-refractivity contribution is 0.513. The van der Waals surface area contributed by atoms with Gasteiger partial charge in [-0.05, 0) is 18.2 Å². The zero-order valence-electron chi connectivity index (χ0n) is 11.9. The Bertz CT molecular complexity index is 761. The van der Waals surface area contributed by atoms with E-state index in [-0.39, 0.29) is 12.4 Å². The van der Waals surface area contributed by atoms with Gasteiger partial charge in [0.15, 0.2) is 4.90 Å². The minimum atomic E-state index is -4.35. The SMILES string of the molecule is CN(C)c1ccnc(CNS(=O)(=O)c2c(F)cccc2F)n1. The molecule has 1 heterocycles. The minimum absolute atomic E-state index is 0.187. The molecule has 2 aromatic rings. The third kappa shape index (κ3) is 3.55. The van der Waals surface area contributed by atoms with Crippen molar-refractivity contribution in [3.05, 3.63) is 47.9 Å². The Morgan fingerprint density at radius 1 is 1.18 bits per heavy atom. The summed E-state index contributed by atoms with van der Waals surface area (Å²) in [5, 5.41) is 0. The Morgan fingerprint density at radius 3 is 2.41 bits per heavy atom. The minimum Gasteiger partial charge on any atom is -0.363 e. The van der Waals surface area contributed by atoms with Crippen molar-refractivity contribution in [2.45, 2.75) is 11.4 Å². The topological polar surface area (TPSA) is 75.2 Å². The number of benzene rings is 1. The van der Waals surface area contributed by atoms with Crippen molar-refractivity contribution in [1.29, 1.82) is 0 Å². The fourth-order valence-corrected chi connectivity index (χ4v) is 2.81. The van der Waals surface area contributed by atoms with Gasteiger partial charge in [0.05, 0.1) is 6.54 Å². The first-order chi connectivity index (χ1) is 10.3. The molecule has 1 aromatic carbocycles. The summed E-state index contributed by atoms with van der Waals surface area (Å²) < 4.78 is 53.2. The Morgan fingerprint density at radius 2 is 1.82 bits per heavy atom. The third-order valence-electron chi connectivity index (χ3n) is 2.76. The van der Waals surface area contributed by atoms with Crippen LogP contribution in [0, 0.1) is 11.6 Å². The quantitative estimate of drug-likeness (QED) is 0.895. The zero-order valence-corrected chi connectivity index (χ0v) is 12.7. The van der Waals surface area contributed by atoms with Crippen molar-refractivity contribution in [2.24, 2.45) is 0 Å². The van der Waals surface area contributed by atoms with Gasteiger partial charge in [-0.15, -0.1) is 0 Å². The van der Waals surface area contributed by atoms with E-state index >= 15 is 0 Å². The number of hydrogen-bond acceptors (Lipinski definition) is 5. The van der Waals surface area contributed by atoms with Gasteiger partial charge in [-0.25, -0.2) is 31.9 Å². The van der Waals surface area contributed by atoms with Crippen LogP contribution in [0.15, 0.2) is 35.4 Å². The van der Waals surface area contributed by atoms with Crippen LogP contribution in [0.5, 0.6) is 0 Å². The maximum absolute atomic E-state index is 13.5. The second-order valence-corrected chi connectivity index (χ2v) is 6.30. The number of hydrogen-bond donors (Lipinski definition) is 1. The molecule has 0 radical (unpaired) electrons. The van der Waals surface area contributed by atoms with Crippen LogP contribution in [0.2, 0.25) is 0 Å². The molecule has 6 nitrogen and oxygen atoms in total. The Kier molecular flexibility index (Phi) is 4.67. The van der Waals surface area contributed by atoms with Crippen LogP contribution >= 0.6 is 0 Å². The van der Waals surface area contributed by atoms with Gasteiger partial charge < -0.3 is 4.90 Å². The molecule has 0 fully saturated rings. The molecule has 0 aliphatic rings. The number of sulfonamides is 1. The molecule has 2 rings (SSSR count). The van der Waals surface area contributed by atoms with Crippen LogP contribution < -0.4 is 9.62 Å². The normalized spacial score (nSPS) is 11.5. The highest BCUT2D eigenvalue weighted by Gasteiger charge is 2.23. The number of nitrogens with zero attached hydrogens (tertiary/aromatic N) is 3. The molecule has 1 aromatic heterocycles. The van der Waals surface area contributed by atoms with E-state index in [0.717, 1.165) is 18.2 Å². The molecule has 0 spiro atoms. The molecule has 0 bridgehead atoms. The summed E-state index contributed by atoms with van der Waals surface area (Å²) in [5.74, 6) is -1.54. The molecule has 22 heavy (non-hydrogen) atoms. The van der Waals surface area contributed by atoms with Crippen molar-refractivity contribution in [1.82, 2.24) is 14.7 Å². The van der Waals surface area contributed by atoms with E-state index in [1.165, 1.54) is 6.20 Å². The van der Waals surface area contributed by atoms with Gasteiger partial charge in [0.1, 0.15) is 23.3 Å². The maximum Gasteiger partial charge on any atom is 0.246 e. The van der Waals surface area contributed by atoms with Gasteiger partial charge in [-0.1, -0.05) is 6.07 Å². The lowest BCUT2D eigenvalue weighted by atomic mass is 10.3. The van der Waals surface area contributed by atoms with E-state index in [9.17, 15) is 17.2 Å². The summed E-state index contributed by atoms with van der Waals surface area (Å²) in [4.78, 5) is 8.73. The van der Waals surface area contributed by atoms with Crippen LogP contribution in [0.3, 0.4) is 0 Å². The van der Waals surface area contributed by atoms with Crippen LogP contribution in [0.1, 0.15) is 5.82 Å². The molecule has 0 aliphatic carbocycles. The second kappa shape index (κ2) is 6.32. The number of halogens is 2. The average Bonchev–Trinajstić information content (AvgIpc) is 2.45. The van der Waals surface area contributed by atoms with Gasteiger partial charge in [0, 0.05) is 20.3 Å². The van der Waals surface area contributed by atoms with E-state index in [2.05, 4.69) is 14.7 Å². The first kappa shape index (κ1) is 16.2. The fourth-order valence-electron chi connectivity index (χ4n) is 1.69. The highest BCUT2D eigenvalue weighted by molar-refractivity contribution is 7.89. The van der Waals surface area contributed by atoms with E-state index in [4.69, 9.17) is 0 Å². The Balaban J connectivity index is 2.22. The fraction of sp³-hybridized carbons (Fsp3) is 0.231. The first-order valence-electron chi connectivity index (χ1n) is 6.24. The number of rotatable bonds is 5. The predicted molar refractivity (Wildman–Crippen MR) is 76.7 cm³/mol. The van der Waals surface area contributed by atoms with Gasteiger partial charge in [-0.3, -0.25) is 0 Å². The first-order valence-corrected chi connectivity index (χ1v) is 7.72. The van der Waals surface area contributed by atoms with Gasteiger partial charge >= 0.3 is 0 Å². The molecular formula is C13H14F2N4O2S. The van der Waals surface area contributed by atoms with E-state index in [1.807, 2.05) is 0 Å². The maximum atomic E-state index is 13.5. The molecule has 118 valence electrons. The molecule has 9 heteroatoms. The summed E-state index contributed by atoms with van der Waals surface area (Å²) in [5.41, 5.74) is 0. The van der Waals surface area contributed by atoms with E-state index in [0.29, 0.717) is 5.82 Å². The van der Waals surface area contributed by atoms with Crippen molar-refractivity contribution in [2.75, 3.05) is 19.0 Å². The zero-order chi connectivity index (χ0) is 16.3. The van der Waals surface area contributed by atoms with E-state index < -0.39 is 26.6 Å². The molecule has 1 N–H and O–H groups in total. The van der Waals surface area contributed by atoms with Crippen molar-refractivity contribution < 1.29 is 17.2 Å². The molecule has 0 aliphatic heterocycles. The van der Waals surface area contributed by atoms with Crippen LogP contribution in [-0.2, 0) is 16.6 Å².